The van der Waals surface area contributed by atoms with Crippen molar-refractivity contribution in [1.82, 2.24) is 4.98 Å². The Hall–Kier alpha value is -0.760. The van der Waals surface area contributed by atoms with E-state index in [2.05, 4.69) is 20.9 Å². The fourth-order valence-corrected chi connectivity index (χ4v) is 3.64. The zero-order valence-electron chi connectivity index (χ0n) is 8.77. The summed E-state index contributed by atoms with van der Waals surface area (Å²) in [6.07, 6.45) is 0. The minimum atomic E-state index is -0.962. The summed E-state index contributed by atoms with van der Waals surface area (Å²) in [6.45, 7) is 0.213. The van der Waals surface area contributed by atoms with Crippen molar-refractivity contribution < 1.29 is 14.6 Å². The normalized spacial score (nSPS) is 10.7. The van der Waals surface area contributed by atoms with E-state index in [-0.39, 0.29) is 11.5 Å². The molecular formula is C10H8BrNO3S2. The van der Waals surface area contributed by atoms with Gasteiger partial charge in [-0.2, -0.15) is 0 Å². The van der Waals surface area contributed by atoms with E-state index in [9.17, 15) is 4.79 Å². The third kappa shape index (κ3) is 2.74. The Balaban J connectivity index is 2.43. The molecule has 2 aromatic rings. The maximum atomic E-state index is 11.1. The van der Waals surface area contributed by atoms with Crippen LogP contribution >= 0.6 is 38.6 Å². The van der Waals surface area contributed by atoms with Gasteiger partial charge >= 0.3 is 5.97 Å². The van der Waals surface area contributed by atoms with E-state index in [1.54, 1.807) is 0 Å². The largest absolute Gasteiger partial charge is 0.477 e. The fourth-order valence-electron chi connectivity index (χ4n) is 1.29. The Kier molecular flexibility index (Phi) is 3.93. The van der Waals surface area contributed by atoms with Crippen LogP contribution in [0.25, 0.3) is 9.88 Å². The summed E-state index contributed by atoms with van der Waals surface area (Å²) in [7, 11) is 1.52. The lowest BCUT2D eigenvalue weighted by molar-refractivity contribution is 0.0697. The maximum Gasteiger partial charge on any atom is 0.347 e. The molecule has 2 rings (SSSR count). The minimum Gasteiger partial charge on any atom is -0.477 e. The molecule has 2 heterocycles. The van der Waals surface area contributed by atoms with Gasteiger partial charge in [0.05, 0.1) is 21.0 Å². The van der Waals surface area contributed by atoms with Gasteiger partial charge < -0.3 is 9.84 Å². The van der Waals surface area contributed by atoms with Crippen LogP contribution < -0.4 is 0 Å². The molecule has 0 spiro atoms. The van der Waals surface area contributed by atoms with E-state index in [1.165, 1.54) is 29.8 Å². The van der Waals surface area contributed by atoms with Crippen molar-refractivity contribution in [3.8, 4) is 9.88 Å². The number of aromatic nitrogens is 1. The number of carboxylic acid groups (broad SMARTS) is 1. The molecule has 0 aliphatic heterocycles. The highest BCUT2D eigenvalue weighted by atomic mass is 79.9. The van der Waals surface area contributed by atoms with Crippen LogP contribution in [0.5, 0.6) is 0 Å². The molecule has 0 aromatic carbocycles. The van der Waals surface area contributed by atoms with E-state index in [4.69, 9.17) is 9.84 Å². The SMILES string of the molecule is COCc1nc(-c2ccc(Br)s2)sc1C(=O)O. The molecule has 2 aromatic heterocycles. The van der Waals surface area contributed by atoms with Crippen LogP contribution in [-0.2, 0) is 11.3 Å². The molecule has 0 radical (unpaired) electrons. The summed E-state index contributed by atoms with van der Waals surface area (Å²) in [4.78, 5) is 16.6. The standard InChI is InChI=1S/C10H8BrNO3S2/c1-15-4-5-8(10(13)14)17-9(12-5)6-2-3-7(11)16-6/h2-3H,4H2,1H3,(H,13,14). The second kappa shape index (κ2) is 5.26. The van der Waals surface area contributed by atoms with Gasteiger partial charge in [-0.05, 0) is 28.1 Å². The number of aromatic carboxylic acids is 1. The second-order valence-electron chi connectivity index (χ2n) is 3.14. The zero-order valence-corrected chi connectivity index (χ0v) is 12.0. The van der Waals surface area contributed by atoms with E-state index >= 15 is 0 Å². The molecule has 1 N–H and O–H groups in total. The molecule has 7 heteroatoms. The number of rotatable bonds is 4. The van der Waals surface area contributed by atoms with E-state index in [0.717, 1.165) is 8.66 Å². The molecule has 0 saturated carbocycles. The number of thiophene rings is 1. The second-order valence-corrected chi connectivity index (χ2v) is 6.60. The number of carboxylic acids is 1. The Morgan fingerprint density at radius 1 is 1.53 bits per heavy atom. The number of hydrogen-bond acceptors (Lipinski definition) is 5. The molecule has 0 unspecified atom stereocenters. The van der Waals surface area contributed by atoms with Crippen molar-refractivity contribution in [3.05, 3.63) is 26.5 Å². The summed E-state index contributed by atoms with van der Waals surface area (Å²) in [5.74, 6) is -0.962. The van der Waals surface area contributed by atoms with Crippen molar-refractivity contribution in [2.75, 3.05) is 7.11 Å². The molecule has 0 amide bonds. The van der Waals surface area contributed by atoms with Crippen LogP contribution in [0.1, 0.15) is 15.4 Å². The summed E-state index contributed by atoms with van der Waals surface area (Å²) >= 11 is 6.07. The molecule has 90 valence electrons. The summed E-state index contributed by atoms with van der Waals surface area (Å²) < 4.78 is 5.94. The molecule has 17 heavy (non-hydrogen) atoms. The van der Waals surface area contributed by atoms with Crippen molar-refractivity contribution in [2.45, 2.75) is 6.61 Å². The Morgan fingerprint density at radius 2 is 2.29 bits per heavy atom. The fraction of sp³-hybridized carbons (Fsp3) is 0.200. The van der Waals surface area contributed by atoms with E-state index in [0.29, 0.717) is 10.7 Å². The van der Waals surface area contributed by atoms with Gasteiger partial charge in [0.2, 0.25) is 0 Å². The monoisotopic (exact) mass is 333 g/mol. The van der Waals surface area contributed by atoms with Crippen LogP contribution in [0.4, 0.5) is 0 Å². The zero-order chi connectivity index (χ0) is 12.4. The highest BCUT2D eigenvalue weighted by Gasteiger charge is 2.18. The first kappa shape index (κ1) is 12.7. The van der Waals surface area contributed by atoms with Gasteiger partial charge in [0, 0.05) is 7.11 Å². The third-order valence-corrected chi connectivity index (χ3v) is 4.84. The Bertz CT molecular complexity index is 549. The van der Waals surface area contributed by atoms with Gasteiger partial charge in [0.25, 0.3) is 0 Å². The van der Waals surface area contributed by atoms with E-state index < -0.39 is 5.97 Å². The molecule has 0 fully saturated rings. The number of halogens is 1. The molecule has 0 aliphatic rings. The topological polar surface area (TPSA) is 59.4 Å². The molecule has 0 atom stereocenters. The van der Waals surface area contributed by atoms with Crippen LogP contribution in [0.15, 0.2) is 15.9 Å². The smallest absolute Gasteiger partial charge is 0.347 e. The van der Waals surface area contributed by atoms with Gasteiger partial charge in [0.1, 0.15) is 9.88 Å². The molecule has 0 bridgehead atoms. The number of nitrogens with zero attached hydrogens (tertiary/aromatic N) is 1. The van der Waals surface area contributed by atoms with Gasteiger partial charge in [0.15, 0.2) is 0 Å². The van der Waals surface area contributed by atoms with Gasteiger partial charge in [-0.25, -0.2) is 9.78 Å². The number of ether oxygens (including phenoxy) is 1. The average molecular weight is 334 g/mol. The molecule has 0 saturated heterocycles. The lowest BCUT2D eigenvalue weighted by Gasteiger charge is -1.94. The number of thiazole rings is 1. The summed E-state index contributed by atoms with van der Waals surface area (Å²) in [6, 6.07) is 3.83. The predicted molar refractivity (Wildman–Crippen MR) is 70.8 cm³/mol. The Labute approximate surface area is 114 Å². The first-order chi connectivity index (χ1) is 8.11. The molecular weight excluding hydrogens is 326 g/mol. The van der Waals surface area contributed by atoms with Crippen molar-refractivity contribution in [2.24, 2.45) is 0 Å². The number of methoxy groups -OCH3 is 1. The van der Waals surface area contributed by atoms with E-state index in [1.807, 2.05) is 12.1 Å². The lowest BCUT2D eigenvalue weighted by atomic mass is 10.4. The average Bonchev–Trinajstić information content (AvgIpc) is 2.85. The van der Waals surface area contributed by atoms with Crippen LogP contribution in [-0.4, -0.2) is 23.2 Å². The highest BCUT2D eigenvalue weighted by molar-refractivity contribution is 9.11. The van der Waals surface area contributed by atoms with Gasteiger partial charge in [-0.3, -0.25) is 0 Å². The van der Waals surface area contributed by atoms with Crippen LogP contribution in [0.3, 0.4) is 0 Å². The highest BCUT2D eigenvalue weighted by Crippen LogP contribution is 2.35. The first-order valence-corrected chi connectivity index (χ1v) is 7.02. The quantitative estimate of drug-likeness (QED) is 0.930. The first-order valence-electron chi connectivity index (χ1n) is 4.59. The van der Waals surface area contributed by atoms with Crippen LogP contribution in [0.2, 0.25) is 0 Å². The minimum absolute atomic E-state index is 0.213. The van der Waals surface area contributed by atoms with Gasteiger partial charge in [-0.1, -0.05) is 0 Å². The predicted octanol–water partition coefficient (Wildman–Crippen LogP) is 3.48. The number of hydrogen-bond donors (Lipinski definition) is 1. The van der Waals surface area contributed by atoms with Crippen molar-refractivity contribution in [3.63, 3.8) is 0 Å². The lowest BCUT2D eigenvalue weighted by Crippen LogP contribution is -1.99. The summed E-state index contributed by atoms with van der Waals surface area (Å²) in [5, 5.41) is 9.78. The molecule has 4 nitrogen and oxygen atoms in total. The molecule has 0 aliphatic carbocycles. The Morgan fingerprint density at radius 3 is 2.82 bits per heavy atom. The van der Waals surface area contributed by atoms with Crippen molar-refractivity contribution in [1.29, 1.82) is 0 Å². The summed E-state index contributed by atoms with van der Waals surface area (Å²) in [5.41, 5.74) is 0.476. The number of carbonyl (C=O) groups is 1. The maximum absolute atomic E-state index is 11.1. The van der Waals surface area contributed by atoms with Crippen LogP contribution in [0, 0.1) is 0 Å². The van der Waals surface area contributed by atoms with Crippen molar-refractivity contribution >= 4 is 44.6 Å². The third-order valence-electron chi connectivity index (χ3n) is 1.96. The van der Waals surface area contributed by atoms with Gasteiger partial charge in [-0.15, -0.1) is 22.7 Å².